The Balaban J connectivity index is 1.87. The number of fused-ring (bicyclic) bond motifs is 1. The molecule has 2 heterocycles. The van der Waals surface area contributed by atoms with Crippen LogP contribution in [-0.2, 0) is 6.54 Å². The molecule has 0 spiro atoms. The highest BCUT2D eigenvalue weighted by Gasteiger charge is 2.11. The highest BCUT2D eigenvalue weighted by atomic mass is 32.1. The maximum Gasteiger partial charge on any atom is 0.193 e. The molecular formula is C14H15N5S. The zero-order valence-electron chi connectivity index (χ0n) is 11.1. The number of anilines is 1. The Bertz CT molecular complexity index is 729. The van der Waals surface area contributed by atoms with Crippen LogP contribution in [-0.4, -0.2) is 22.3 Å². The lowest BCUT2D eigenvalue weighted by molar-refractivity contribution is 0.894. The molecule has 2 aromatic heterocycles. The van der Waals surface area contributed by atoms with Gasteiger partial charge in [0, 0.05) is 36.1 Å². The zero-order valence-corrected chi connectivity index (χ0v) is 11.9. The van der Waals surface area contributed by atoms with Gasteiger partial charge in [-0.3, -0.25) is 9.81 Å². The zero-order chi connectivity index (χ0) is 14.1. The molecular weight excluding hydrogens is 270 g/mol. The van der Waals surface area contributed by atoms with Crippen molar-refractivity contribution >= 4 is 27.8 Å². The second-order valence-corrected chi connectivity index (χ2v) is 5.48. The molecule has 0 amide bonds. The van der Waals surface area contributed by atoms with Gasteiger partial charge in [-0.15, -0.1) is 11.3 Å². The number of nitrogens with one attached hydrogen (secondary N) is 1. The standard InChI is InChI=1S/C14H15N5S/c1-18(12-5-3-2-4-11(12)13(15)16)8-10-9-19-6-7-20-14(19)17-10/h2-7,9H,8H2,1H3,(H3,15,16). The summed E-state index contributed by atoms with van der Waals surface area (Å²) in [4.78, 5) is 7.62. The largest absolute Gasteiger partial charge is 0.384 e. The Kier molecular flexibility index (Phi) is 3.15. The van der Waals surface area contributed by atoms with E-state index in [0.717, 1.165) is 21.9 Å². The molecule has 0 unspecified atom stereocenters. The SMILES string of the molecule is CN(Cc1cn2ccsc2n1)c1ccccc1C(=N)N. The van der Waals surface area contributed by atoms with Crippen LogP contribution < -0.4 is 10.6 Å². The number of para-hydroxylation sites is 1. The van der Waals surface area contributed by atoms with Crippen molar-refractivity contribution in [1.82, 2.24) is 9.38 Å². The predicted molar refractivity (Wildman–Crippen MR) is 82.6 cm³/mol. The molecule has 6 heteroatoms. The van der Waals surface area contributed by atoms with E-state index >= 15 is 0 Å². The number of nitrogens with zero attached hydrogens (tertiary/aromatic N) is 3. The fourth-order valence-corrected chi connectivity index (χ4v) is 2.93. The van der Waals surface area contributed by atoms with E-state index in [4.69, 9.17) is 11.1 Å². The van der Waals surface area contributed by atoms with Crippen molar-refractivity contribution in [3.63, 3.8) is 0 Å². The summed E-state index contributed by atoms with van der Waals surface area (Å²) in [6, 6.07) is 7.67. The van der Waals surface area contributed by atoms with Crippen molar-refractivity contribution in [2.24, 2.45) is 5.73 Å². The van der Waals surface area contributed by atoms with Crippen LogP contribution in [0, 0.1) is 5.41 Å². The molecule has 0 aliphatic carbocycles. The summed E-state index contributed by atoms with van der Waals surface area (Å²) in [5.41, 5.74) is 8.31. The van der Waals surface area contributed by atoms with Crippen LogP contribution in [0.1, 0.15) is 11.3 Å². The molecule has 5 nitrogen and oxygen atoms in total. The number of benzene rings is 1. The maximum absolute atomic E-state index is 7.65. The van der Waals surface area contributed by atoms with E-state index in [1.54, 1.807) is 11.3 Å². The molecule has 20 heavy (non-hydrogen) atoms. The average molecular weight is 285 g/mol. The summed E-state index contributed by atoms with van der Waals surface area (Å²) < 4.78 is 2.02. The smallest absolute Gasteiger partial charge is 0.193 e. The summed E-state index contributed by atoms with van der Waals surface area (Å²) in [6.45, 7) is 0.679. The van der Waals surface area contributed by atoms with Crippen LogP contribution in [0.4, 0.5) is 5.69 Å². The Morgan fingerprint density at radius 2 is 2.25 bits per heavy atom. The Morgan fingerprint density at radius 1 is 1.45 bits per heavy atom. The van der Waals surface area contributed by atoms with Crippen molar-refractivity contribution in [3.8, 4) is 0 Å². The molecule has 0 bridgehead atoms. The van der Waals surface area contributed by atoms with E-state index in [2.05, 4.69) is 9.88 Å². The minimum Gasteiger partial charge on any atom is -0.384 e. The summed E-state index contributed by atoms with van der Waals surface area (Å²) in [5.74, 6) is 0.0817. The van der Waals surface area contributed by atoms with Crippen molar-refractivity contribution in [3.05, 3.63) is 53.3 Å². The van der Waals surface area contributed by atoms with Crippen LogP contribution >= 0.6 is 11.3 Å². The first-order valence-electron chi connectivity index (χ1n) is 6.21. The number of nitrogens with two attached hydrogens (primary N) is 1. The Morgan fingerprint density at radius 3 is 3.00 bits per heavy atom. The van der Waals surface area contributed by atoms with Crippen molar-refractivity contribution in [2.75, 3.05) is 11.9 Å². The molecule has 1 aromatic carbocycles. The molecule has 102 valence electrons. The Hall–Kier alpha value is -2.34. The van der Waals surface area contributed by atoms with E-state index < -0.39 is 0 Å². The van der Waals surface area contributed by atoms with Crippen molar-refractivity contribution < 1.29 is 0 Å². The van der Waals surface area contributed by atoms with Gasteiger partial charge in [-0.2, -0.15) is 0 Å². The number of imidazole rings is 1. The lowest BCUT2D eigenvalue weighted by Crippen LogP contribution is -2.22. The minimum atomic E-state index is 0.0817. The van der Waals surface area contributed by atoms with Gasteiger partial charge in [-0.05, 0) is 12.1 Å². The Labute approximate surface area is 120 Å². The van der Waals surface area contributed by atoms with E-state index in [9.17, 15) is 0 Å². The molecule has 0 saturated carbocycles. The van der Waals surface area contributed by atoms with E-state index in [-0.39, 0.29) is 5.84 Å². The predicted octanol–water partition coefficient (Wildman–Crippen LogP) is 2.32. The molecule has 0 fully saturated rings. The number of rotatable bonds is 4. The van der Waals surface area contributed by atoms with Gasteiger partial charge in [-0.25, -0.2) is 4.98 Å². The van der Waals surface area contributed by atoms with E-state index in [0.29, 0.717) is 6.54 Å². The first-order valence-corrected chi connectivity index (χ1v) is 7.09. The van der Waals surface area contributed by atoms with E-state index in [1.165, 1.54) is 0 Å². The fourth-order valence-electron chi connectivity index (χ4n) is 2.21. The second kappa shape index (κ2) is 4.97. The van der Waals surface area contributed by atoms with Crippen LogP contribution in [0.5, 0.6) is 0 Å². The average Bonchev–Trinajstić information content (AvgIpc) is 2.99. The molecule has 0 aliphatic rings. The van der Waals surface area contributed by atoms with Gasteiger partial charge in [-0.1, -0.05) is 12.1 Å². The monoisotopic (exact) mass is 285 g/mol. The van der Waals surface area contributed by atoms with Crippen LogP contribution in [0.2, 0.25) is 0 Å². The van der Waals surface area contributed by atoms with Gasteiger partial charge in [0.05, 0.1) is 12.2 Å². The van der Waals surface area contributed by atoms with Crippen LogP contribution in [0.3, 0.4) is 0 Å². The third-order valence-electron chi connectivity index (χ3n) is 3.15. The number of nitrogen functional groups attached to an aromatic ring is 1. The number of hydrogen-bond donors (Lipinski definition) is 2. The maximum atomic E-state index is 7.65. The van der Waals surface area contributed by atoms with Gasteiger partial charge >= 0.3 is 0 Å². The molecule has 0 atom stereocenters. The van der Waals surface area contributed by atoms with Gasteiger partial charge in [0.2, 0.25) is 0 Å². The van der Waals surface area contributed by atoms with Crippen LogP contribution in [0.15, 0.2) is 42.0 Å². The van der Waals surface area contributed by atoms with Crippen LogP contribution in [0.25, 0.3) is 4.96 Å². The normalized spacial score (nSPS) is 10.8. The third-order valence-corrected chi connectivity index (χ3v) is 3.92. The molecule has 3 aromatic rings. The van der Waals surface area contributed by atoms with Gasteiger partial charge in [0.1, 0.15) is 5.84 Å². The highest BCUT2D eigenvalue weighted by molar-refractivity contribution is 7.15. The number of amidine groups is 1. The van der Waals surface area contributed by atoms with Gasteiger partial charge in [0.25, 0.3) is 0 Å². The topological polar surface area (TPSA) is 70.4 Å². The number of thiazole rings is 1. The lowest BCUT2D eigenvalue weighted by atomic mass is 10.1. The first-order chi connectivity index (χ1) is 9.65. The van der Waals surface area contributed by atoms with Crippen molar-refractivity contribution in [2.45, 2.75) is 6.54 Å². The molecule has 0 radical (unpaired) electrons. The van der Waals surface area contributed by atoms with Gasteiger partial charge < -0.3 is 10.6 Å². The summed E-state index contributed by atoms with van der Waals surface area (Å²) >= 11 is 1.62. The minimum absolute atomic E-state index is 0.0817. The quantitative estimate of drug-likeness (QED) is 0.571. The van der Waals surface area contributed by atoms with Gasteiger partial charge in [0.15, 0.2) is 4.96 Å². The van der Waals surface area contributed by atoms with Crippen molar-refractivity contribution in [1.29, 1.82) is 5.41 Å². The molecule has 3 N–H and O–H groups in total. The summed E-state index contributed by atoms with van der Waals surface area (Å²) in [6.07, 6.45) is 4.03. The first kappa shape index (κ1) is 12.7. The number of aromatic nitrogens is 2. The van der Waals surface area contributed by atoms with E-state index in [1.807, 2.05) is 53.5 Å². The summed E-state index contributed by atoms with van der Waals surface area (Å²) in [5, 5.41) is 9.66. The molecule has 0 aliphatic heterocycles. The third kappa shape index (κ3) is 2.25. The highest BCUT2D eigenvalue weighted by Crippen LogP contribution is 2.21. The molecule has 0 saturated heterocycles. The molecule has 3 rings (SSSR count). The fraction of sp³-hybridized carbons (Fsp3) is 0.143. The number of hydrogen-bond acceptors (Lipinski definition) is 4. The lowest BCUT2D eigenvalue weighted by Gasteiger charge is -2.21. The summed E-state index contributed by atoms with van der Waals surface area (Å²) in [7, 11) is 1.98. The second-order valence-electron chi connectivity index (χ2n) is 4.61.